The summed E-state index contributed by atoms with van der Waals surface area (Å²) in [6.07, 6.45) is 3.25. The number of rotatable bonds is 6. The number of nitrogens with zero attached hydrogens (tertiary/aromatic N) is 2. The molecule has 3 rings (SSSR count). The van der Waals surface area contributed by atoms with Crippen molar-refractivity contribution in [3.05, 3.63) is 52.4 Å². The molecule has 1 atom stereocenters. The van der Waals surface area contributed by atoms with Crippen LogP contribution in [0.15, 0.2) is 28.8 Å². The Hall–Kier alpha value is -2.14. The number of hydrogen-bond acceptors (Lipinski definition) is 4. The Morgan fingerprint density at radius 2 is 2.00 bits per heavy atom. The van der Waals surface area contributed by atoms with E-state index in [1.165, 1.54) is 5.56 Å². The molecular formula is C20H26N2O3. The van der Waals surface area contributed by atoms with Crippen molar-refractivity contribution in [2.45, 2.75) is 46.1 Å². The molecule has 0 aliphatic carbocycles. The predicted octanol–water partition coefficient (Wildman–Crippen LogP) is 2.81. The number of aliphatic hydroxyl groups excluding tert-OH is 1. The number of carbonyl (C=O) groups excluding carboxylic acids is 1. The highest BCUT2D eigenvalue weighted by atomic mass is 16.5. The van der Waals surface area contributed by atoms with Crippen LogP contribution in [0.4, 0.5) is 0 Å². The molecule has 2 aromatic rings. The standard InChI is InChI=1S/C20H26N2O3/c1-14-19(15(2)25-21-14)7-8-20(24)22-10-9-18(12-22)11-16-3-5-17(13-23)6-4-16/h3-6,18,23H,7-13H2,1-2H3/t18-/m0/s1. The first-order valence-corrected chi connectivity index (χ1v) is 8.95. The minimum Gasteiger partial charge on any atom is -0.392 e. The van der Waals surface area contributed by atoms with E-state index >= 15 is 0 Å². The van der Waals surface area contributed by atoms with Crippen LogP contribution in [0, 0.1) is 19.8 Å². The smallest absolute Gasteiger partial charge is 0.222 e. The first-order valence-electron chi connectivity index (χ1n) is 8.95. The Morgan fingerprint density at radius 3 is 2.64 bits per heavy atom. The summed E-state index contributed by atoms with van der Waals surface area (Å²) in [5, 5.41) is 13.1. The third-order valence-corrected chi connectivity index (χ3v) is 5.14. The molecule has 25 heavy (non-hydrogen) atoms. The van der Waals surface area contributed by atoms with Crippen LogP contribution >= 0.6 is 0 Å². The lowest BCUT2D eigenvalue weighted by Crippen LogP contribution is -2.29. The highest BCUT2D eigenvalue weighted by molar-refractivity contribution is 5.76. The number of benzene rings is 1. The molecule has 134 valence electrons. The molecule has 1 aliphatic heterocycles. The van der Waals surface area contributed by atoms with Crippen LogP contribution in [0.1, 0.15) is 41.0 Å². The molecule has 2 heterocycles. The fourth-order valence-electron chi connectivity index (χ4n) is 3.59. The minimum absolute atomic E-state index is 0.0805. The molecule has 1 fully saturated rings. The van der Waals surface area contributed by atoms with E-state index in [1.54, 1.807) is 0 Å². The van der Waals surface area contributed by atoms with Crippen molar-refractivity contribution in [2.24, 2.45) is 5.92 Å². The van der Waals surface area contributed by atoms with Crippen LogP contribution < -0.4 is 0 Å². The molecule has 1 saturated heterocycles. The average molecular weight is 342 g/mol. The fraction of sp³-hybridized carbons (Fsp3) is 0.500. The van der Waals surface area contributed by atoms with E-state index in [-0.39, 0.29) is 12.5 Å². The summed E-state index contributed by atoms with van der Waals surface area (Å²) in [5.74, 6) is 1.55. The third kappa shape index (κ3) is 4.28. The van der Waals surface area contributed by atoms with Gasteiger partial charge in [-0.05, 0) is 50.2 Å². The van der Waals surface area contributed by atoms with E-state index in [2.05, 4.69) is 17.3 Å². The Balaban J connectivity index is 1.49. The molecular weight excluding hydrogens is 316 g/mol. The quantitative estimate of drug-likeness (QED) is 0.877. The number of aryl methyl sites for hydroxylation is 2. The van der Waals surface area contributed by atoms with Gasteiger partial charge in [0.1, 0.15) is 5.76 Å². The molecule has 0 spiro atoms. The molecule has 5 nitrogen and oxygen atoms in total. The third-order valence-electron chi connectivity index (χ3n) is 5.14. The zero-order valence-corrected chi connectivity index (χ0v) is 15.0. The van der Waals surface area contributed by atoms with Gasteiger partial charge in [0.2, 0.25) is 5.91 Å². The van der Waals surface area contributed by atoms with E-state index in [9.17, 15) is 4.79 Å². The van der Waals surface area contributed by atoms with Crippen LogP contribution in [-0.2, 0) is 24.2 Å². The second-order valence-corrected chi connectivity index (χ2v) is 6.98. The van der Waals surface area contributed by atoms with Crippen molar-refractivity contribution in [1.29, 1.82) is 0 Å². The number of amides is 1. The van der Waals surface area contributed by atoms with E-state index < -0.39 is 0 Å². The SMILES string of the molecule is Cc1noc(C)c1CCC(=O)N1CC[C@@H](Cc2ccc(CO)cc2)C1. The van der Waals surface area contributed by atoms with Gasteiger partial charge in [-0.15, -0.1) is 0 Å². The molecule has 5 heteroatoms. The van der Waals surface area contributed by atoms with Crippen LogP contribution in [-0.4, -0.2) is 34.2 Å². The lowest BCUT2D eigenvalue weighted by molar-refractivity contribution is -0.130. The summed E-state index contributed by atoms with van der Waals surface area (Å²) in [7, 11) is 0. The Labute approximate surface area is 148 Å². The molecule has 0 unspecified atom stereocenters. The van der Waals surface area contributed by atoms with E-state index in [0.29, 0.717) is 18.8 Å². The van der Waals surface area contributed by atoms with Crippen molar-refractivity contribution in [2.75, 3.05) is 13.1 Å². The van der Waals surface area contributed by atoms with Crippen LogP contribution in [0.3, 0.4) is 0 Å². The fourth-order valence-corrected chi connectivity index (χ4v) is 3.59. The second-order valence-electron chi connectivity index (χ2n) is 6.98. The summed E-state index contributed by atoms with van der Waals surface area (Å²) in [6.45, 7) is 5.58. The lowest BCUT2D eigenvalue weighted by Gasteiger charge is -2.16. The lowest BCUT2D eigenvalue weighted by atomic mass is 9.98. The average Bonchev–Trinajstić information content (AvgIpc) is 3.21. The van der Waals surface area contributed by atoms with Gasteiger partial charge in [0, 0.05) is 25.1 Å². The van der Waals surface area contributed by atoms with Gasteiger partial charge in [0.05, 0.1) is 12.3 Å². The molecule has 1 N–H and O–H groups in total. The highest BCUT2D eigenvalue weighted by Crippen LogP contribution is 2.23. The van der Waals surface area contributed by atoms with Gasteiger partial charge >= 0.3 is 0 Å². The summed E-state index contributed by atoms with van der Waals surface area (Å²) in [6, 6.07) is 8.09. The van der Waals surface area contributed by atoms with Crippen LogP contribution in [0.25, 0.3) is 0 Å². The second kappa shape index (κ2) is 7.83. The molecule has 1 aromatic carbocycles. The van der Waals surface area contributed by atoms with Gasteiger partial charge in [-0.25, -0.2) is 0 Å². The topological polar surface area (TPSA) is 66.6 Å². The van der Waals surface area contributed by atoms with Crippen molar-refractivity contribution in [1.82, 2.24) is 10.1 Å². The molecule has 0 saturated carbocycles. The Kier molecular flexibility index (Phi) is 5.53. The number of carbonyl (C=O) groups is 1. The number of aliphatic hydroxyl groups is 1. The summed E-state index contributed by atoms with van der Waals surface area (Å²) < 4.78 is 5.16. The normalized spacial score (nSPS) is 17.2. The molecule has 1 aliphatic rings. The molecule has 1 amide bonds. The van der Waals surface area contributed by atoms with Gasteiger partial charge in [0.25, 0.3) is 0 Å². The van der Waals surface area contributed by atoms with Crippen LogP contribution in [0.5, 0.6) is 0 Å². The van der Waals surface area contributed by atoms with E-state index in [0.717, 1.165) is 48.5 Å². The zero-order valence-electron chi connectivity index (χ0n) is 15.0. The van der Waals surface area contributed by atoms with Gasteiger partial charge in [-0.3, -0.25) is 4.79 Å². The van der Waals surface area contributed by atoms with Gasteiger partial charge in [-0.1, -0.05) is 29.4 Å². The highest BCUT2D eigenvalue weighted by Gasteiger charge is 2.26. The largest absolute Gasteiger partial charge is 0.392 e. The van der Waals surface area contributed by atoms with Gasteiger partial charge in [0.15, 0.2) is 0 Å². The summed E-state index contributed by atoms with van der Waals surface area (Å²) >= 11 is 0. The van der Waals surface area contributed by atoms with Crippen molar-refractivity contribution < 1.29 is 14.4 Å². The number of likely N-dealkylation sites (tertiary alicyclic amines) is 1. The first kappa shape index (κ1) is 17.7. The first-order chi connectivity index (χ1) is 12.1. The maximum Gasteiger partial charge on any atom is 0.222 e. The molecule has 0 radical (unpaired) electrons. The van der Waals surface area contributed by atoms with Crippen molar-refractivity contribution in [3.63, 3.8) is 0 Å². The zero-order chi connectivity index (χ0) is 17.8. The number of aromatic nitrogens is 1. The van der Waals surface area contributed by atoms with Gasteiger partial charge in [-0.2, -0.15) is 0 Å². The minimum atomic E-state index is 0.0805. The Bertz CT molecular complexity index is 702. The summed E-state index contributed by atoms with van der Waals surface area (Å²) in [4.78, 5) is 14.5. The maximum atomic E-state index is 12.5. The van der Waals surface area contributed by atoms with Crippen molar-refractivity contribution >= 4 is 5.91 Å². The summed E-state index contributed by atoms with van der Waals surface area (Å²) in [5.41, 5.74) is 4.16. The van der Waals surface area contributed by atoms with Gasteiger partial charge < -0.3 is 14.5 Å². The number of hydrogen-bond donors (Lipinski definition) is 1. The Morgan fingerprint density at radius 1 is 1.28 bits per heavy atom. The van der Waals surface area contributed by atoms with Crippen molar-refractivity contribution in [3.8, 4) is 0 Å². The van der Waals surface area contributed by atoms with E-state index in [1.807, 2.05) is 30.9 Å². The predicted molar refractivity (Wildman–Crippen MR) is 95.1 cm³/mol. The monoisotopic (exact) mass is 342 g/mol. The maximum absolute atomic E-state index is 12.5. The molecule has 0 bridgehead atoms. The van der Waals surface area contributed by atoms with E-state index in [4.69, 9.17) is 9.63 Å². The molecule has 1 aromatic heterocycles. The van der Waals surface area contributed by atoms with Crippen LogP contribution in [0.2, 0.25) is 0 Å².